The van der Waals surface area contributed by atoms with Crippen molar-refractivity contribution in [3.63, 3.8) is 0 Å². The van der Waals surface area contributed by atoms with Crippen LogP contribution >= 0.6 is 15.9 Å². The quantitative estimate of drug-likeness (QED) is 0.616. The molecule has 31 heavy (non-hydrogen) atoms. The minimum Gasteiger partial charge on any atom is -0.374 e. The van der Waals surface area contributed by atoms with E-state index in [1.54, 1.807) is 30.3 Å². The summed E-state index contributed by atoms with van der Waals surface area (Å²) in [5.41, 5.74) is 2.33. The van der Waals surface area contributed by atoms with E-state index in [0.29, 0.717) is 29.7 Å². The summed E-state index contributed by atoms with van der Waals surface area (Å²) in [6, 6.07) is 16.6. The highest BCUT2D eigenvalue weighted by molar-refractivity contribution is 9.10. The highest BCUT2D eigenvalue weighted by atomic mass is 79.9. The van der Waals surface area contributed by atoms with Crippen molar-refractivity contribution in [1.82, 2.24) is 0 Å². The SMILES string of the molecule is O=C1CC(COCc2ccccc2)O[C@@H]2C1=CC[C@@H]1C(=O)c3ccccc3C(=O)[C@@]12Br. The first-order valence-electron chi connectivity index (χ1n) is 10.4. The smallest absolute Gasteiger partial charge is 0.184 e. The van der Waals surface area contributed by atoms with Crippen LogP contribution in [0, 0.1) is 5.92 Å². The van der Waals surface area contributed by atoms with Gasteiger partial charge in [0.15, 0.2) is 17.3 Å². The Hall–Kier alpha value is -2.41. The van der Waals surface area contributed by atoms with Crippen LogP contribution in [0.3, 0.4) is 0 Å². The number of rotatable bonds is 4. The normalized spacial score (nSPS) is 29.6. The van der Waals surface area contributed by atoms with Gasteiger partial charge in [-0.1, -0.05) is 76.6 Å². The molecule has 0 spiro atoms. The Balaban J connectivity index is 1.40. The fourth-order valence-electron chi connectivity index (χ4n) is 4.78. The summed E-state index contributed by atoms with van der Waals surface area (Å²) in [6.45, 7) is 0.645. The standard InChI is InChI=1S/C25H21BrO5/c26-25-20(22(28)17-8-4-5-9-18(17)23(25)29)11-10-19-21(27)12-16(31-24(19)25)14-30-13-15-6-2-1-3-7-15/h1-10,16,20,24H,11-14H2/t16?,20-,24-,25+/m1/s1. The molecule has 0 bridgehead atoms. The van der Waals surface area contributed by atoms with Gasteiger partial charge in [0.25, 0.3) is 0 Å². The molecular weight excluding hydrogens is 460 g/mol. The van der Waals surface area contributed by atoms with E-state index < -0.39 is 22.5 Å². The molecule has 158 valence electrons. The summed E-state index contributed by atoms with van der Waals surface area (Å²) in [7, 11) is 0. The van der Waals surface area contributed by atoms with Crippen molar-refractivity contribution in [2.24, 2.45) is 5.92 Å². The van der Waals surface area contributed by atoms with E-state index in [0.717, 1.165) is 5.56 Å². The van der Waals surface area contributed by atoms with Gasteiger partial charge in [-0.3, -0.25) is 14.4 Å². The maximum atomic E-state index is 13.5. The second kappa shape index (κ2) is 7.93. The van der Waals surface area contributed by atoms with Crippen molar-refractivity contribution < 1.29 is 23.9 Å². The Bertz CT molecular complexity index is 1090. The first kappa shape index (κ1) is 20.5. The number of carbonyl (C=O) groups is 3. The first-order valence-corrected chi connectivity index (χ1v) is 11.2. The van der Waals surface area contributed by atoms with Gasteiger partial charge in [-0.25, -0.2) is 0 Å². The Morgan fingerprint density at radius 3 is 2.48 bits per heavy atom. The van der Waals surface area contributed by atoms with Crippen LogP contribution in [0.4, 0.5) is 0 Å². The van der Waals surface area contributed by atoms with Crippen molar-refractivity contribution in [2.75, 3.05) is 6.61 Å². The predicted octanol–water partition coefficient (Wildman–Crippen LogP) is 4.09. The number of fused-ring (bicyclic) bond motifs is 4. The van der Waals surface area contributed by atoms with Gasteiger partial charge in [0.2, 0.25) is 0 Å². The number of hydrogen-bond acceptors (Lipinski definition) is 5. The van der Waals surface area contributed by atoms with Crippen LogP contribution in [-0.2, 0) is 20.9 Å². The molecule has 0 aromatic heterocycles. The minimum absolute atomic E-state index is 0.0547. The van der Waals surface area contributed by atoms with E-state index in [2.05, 4.69) is 15.9 Å². The van der Waals surface area contributed by atoms with Gasteiger partial charge in [-0.2, -0.15) is 0 Å². The highest BCUT2D eigenvalue weighted by Crippen LogP contribution is 2.51. The molecule has 1 fully saturated rings. The van der Waals surface area contributed by atoms with E-state index in [4.69, 9.17) is 9.47 Å². The molecule has 4 atom stereocenters. The van der Waals surface area contributed by atoms with Gasteiger partial charge in [0, 0.05) is 23.1 Å². The third kappa shape index (κ3) is 3.34. The molecule has 1 saturated heterocycles. The number of ketones is 3. The number of alkyl halides is 1. The summed E-state index contributed by atoms with van der Waals surface area (Å²) < 4.78 is 10.8. The van der Waals surface area contributed by atoms with E-state index >= 15 is 0 Å². The molecule has 1 heterocycles. The zero-order valence-electron chi connectivity index (χ0n) is 16.8. The number of Topliss-reactive ketones (excluding diaryl/α,β-unsaturated/α-hetero) is 3. The molecule has 0 N–H and O–H groups in total. The van der Waals surface area contributed by atoms with E-state index in [-0.39, 0.29) is 30.4 Å². The number of carbonyl (C=O) groups excluding carboxylic acids is 3. The lowest BCUT2D eigenvalue weighted by atomic mass is 9.65. The first-order chi connectivity index (χ1) is 15.0. The van der Waals surface area contributed by atoms with Crippen molar-refractivity contribution in [3.8, 4) is 0 Å². The molecule has 5 rings (SSSR count). The fourth-order valence-corrected chi connectivity index (χ4v) is 5.74. The van der Waals surface area contributed by atoms with E-state index in [1.165, 1.54) is 0 Å². The van der Waals surface area contributed by atoms with Crippen molar-refractivity contribution in [2.45, 2.75) is 36.0 Å². The molecular formula is C25H21BrO5. The van der Waals surface area contributed by atoms with Gasteiger partial charge in [-0.05, 0) is 12.0 Å². The molecule has 1 aliphatic heterocycles. The Labute approximate surface area is 188 Å². The Kier molecular flexibility index (Phi) is 5.24. The van der Waals surface area contributed by atoms with Gasteiger partial charge in [0.1, 0.15) is 10.4 Å². The molecule has 0 amide bonds. The summed E-state index contributed by atoms with van der Waals surface area (Å²) in [4.78, 5) is 39.6. The molecule has 0 radical (unpaired) electrons. The lowest BCUT2D eigenvalue weighted by Crippen LogP contribution is -2.62. The maximum absolute atomic E-state index is 13.5. The molecule has 2 aromatic carbocycles. The number of allylic oxidation sites excluding steroid dienone is 1. The molecule has 0 saturated carbocycles. The largest absolute Gasteiger partial charge is 0.374 e. The molecule has 3 aliphatic rings. The van der Waals surface area contributed by atoms with Crippen LogP contribution in [0.25, 0.3) is 0 Å². The summed E-state index contributed by atoms with van der Waals surface area (Å²) in [5.74, 6) is -0.968. The average molecular weight is 481 g/mol. The average Bonchev–Trinajstić information content (AvgIpc) is 2.79. The van der Waals surface area contributed by atoms with Gasteiger partial charge >= 0.3 is 0 Å². The number of ether oxygens (including phenoxy) is 2. The minimum atomic E-state index is -1.28. The summed E-state index contributed by atoms with van der Waals surface area (Å²) in [6.07, 6.45) is 1.01. The second-order valence-corrected chi connectivity index (χ2v) is 9.53. The summed E-state index contributed by atoms with van der Waals surface area (Å²) >= 11 is 3.62. The van der Waals surface area contributed by atoms with Crippen molar-refractivity contribution in [1.29, 1.82) is 0 Å². The van der Waals surface area contributed by atoms with E-state index in [9.17, 15) is 14.4 Å². The zero-order chi connectivity index (χ0) is 21.6. The Morgan fingerprint density at radius 1 is 1.00 bits per heavy atom. The molecule has 2 aromatic rings. The van der Waals surface area contributed by atoms with Crippen molar-refractivity contribution >= 4 is 33.3 Å². The molecule has 1 unspecified atom stereocenters. The topological polar surface area (TPSA) is 69.7 Å². The second-order valence-electron chi connectivity index (χ2n) is 8.22. The predicted molar refractivity (Wildman–Crippen MR) is 117 cm³/mol. The van der Waals surface area contributed by atoms with Crippen LogP contribution in [-0.4, -0.2) is 40.5 Å². The summed E-state index contributed by atoms with van der Waals surface area (Å²) in [5, 5.41) is 0. The maximum Gasteiger partial charge on any atom is 0.184 e. The third-order valence-electron chi connectivity index (χ3n) is 6.33. The highest BCUT2D eigenvalue weighted by Gasteiger charge is 2.61. The number of hydrogen-bond donors (Lipinski definition) is 0. The van der Waals surface area contributed by atoms with Crippen LogP contribution in [0.15, 0.2) is 66.2 Å². The number of halogens is 1. The fraction of sp³-hybridized carbons (Fsp3) is 0.320. The molecule has 5 nitrogen and oxygen atoms in total. The van der Waals surface area contributed by atoms with Crippen LogP contribution < -0.4 is 0 Å². The van der Waals surface area contributed by atoms with E-state index in [1.807, 2.05) is 30.3 Å². The lowest BCUT2D eigenvalue weighted by Gasteiger charge is -2.48. The number of benzene rings is 2. The van der Waals surface area contributed by atoms with Crippen LogP contribution in [0.2, 0.25) is 0 Å². The van der Waals surface area contributed by atoms with Gasteiger partial charge < -0.3 is 9.47 Å². The Morgan fingerprint density at radius 2 is 1.71 bits per heavy atom. The van der Waals surface area contributed by atoms with Gasteiger partial charge in [-0.15, -0.1) is 0 Å². The zero-order valence-corrected chi connectivity index (χ0v) is 18.3. The van der Waals surface area contributed by atoms with Crippen LogP contribution in [0.1, 0.15) is 39.1 Å². The van der Waals surface area contributed by atoms with Crippen molar-refractivity contribution in [3.05, 3.63) is 82.9 Å². The van der Waals surface area contributed by atoms with Gasteiger partial charge in [0.05, 0.1) is 25.2 Å². The molecule has 2 aliphatic carbocycles. The third-order valence-corrected chi connectivity index (χ3v) is 7.65. The van der Waals surface area contributed by atoms with Crippen LogP contribution in [0.5, 0.6) is 0 Å². The lowest BCUT2D eigenvalue weighted by molar-refractivity contribution is -0.133. The monoisotopic (exact) mass is 480 g/mol. The molecule has 6 heteroatoms.